The fraction of sp³-hybridized carbons (Fsp3) is 0.833. The maximum atomic E-state index is 12.1. The van der Waals surface area contributed by atoms with Crippen molar-refractivity contribution in [2.24, 2.45) is 0 Å². The van der Waals surface area contributed by atoms with Crippen LogP contribution in [0.15, 0.2) is 0 Å². The van der Waals surface area contributed by atoms with Crippen molar-refractivity contribution in [1.82, 2.24) is 9.21 Å². The van der Waals surface area contributed by atoms with E-state index in [2.05, 4.69) is 0 Å². The fourth-order valence-corrected chi connectivity index (χ4v) is 3.92. The van der Waals surface area contributed by atoms with Crippen LogP contribution in [0.4, 0.5) is 0 Å². The summed E-state index contributed by atoms with van der Waals surface area (Å²) in [7, 11) is -3.56. The number of hydrogen-bond donors (Lipinski definition) is 1. The Labute approximate surface area is 123 Å². The number of carbonyl (C=O) groups excluding carboxylic acids is 1. The maximum Gasteiger partial charge on any atom is 0.304 e. The lowest BCUT2D eigenvalue weighted by Crippen LogP contribution is -2.53. The van der Waals surface area contributed by atoms with Crippen molar-refractivity contribution >= 4 is 21.9 Å². The summed E-state index contributed by atoms with van der Waals surface area (Å²) in [6.07, 6.45) is 0.799. The minimum Gasteiger partial charge on any atom is -0.481 e. The van der Waals surface area contributed by atoms with Crippen LogP contribution >= 0.6 is 0 Å². The molecule has 1 atom stereocenters. The van der Waals surface area contributed by atoms with Gasteiger partial charge in [0, 0.05) is 32.8 Å². The molecule has 1 unspecified atom stereocenters. The SMILES string of the molecule is O=C(O)CCS(=O)(=O)N1CCN(C(=O)C2CCCO2)CC1. The third kappa shape index (κ3) is 4.14. The molecular weight excluding hydrogens is 300 g/mol. The van der Waals surface area contributed by atoms with Crippen molar-refractivity contribution in [1.29, 1.82) is 0 Å². The normalized spacial score (nSPS) is 24.2. The van der Waals surface area contributed by atoms with Crippen LogP contribution in [0.1, 0.15) is 19.3 Å². The number of aliphatic carboxylic acids is 1. The van der Waals surface area contributed by atoms with Gasteiger partial charge in [0.1, 0.15) is 6.10 Å². The third-order valence-electron chi connectivity index (χ3n) is 3.72. The third-order valence-corrected chi connectivity index (χ3v) is 5.59. The molecule has 8 nitrogen and oxygen atoms in total. The van der Waals surface area contributed by atoms with E-state index in [0.29, 0.717) is 19.7 Å². The standard InChI is InChI=1S/C12H20N2O6S/c15-11(16)3-9-21(18,19)14-6-4-13(5-7-14)12(17)10-2-1-8-20-10/h10H,1-9H2,(H,15,16). The van der Waals surface area contributed by atoms with E-state index in [1.807, 2.05) is 0 Å². The van der Waals surface area contributed by atoms with Crippen LogP contribution in [-0.2, 0) is 24.3 Å². The molecule has 9 heteroatoms. The highest BCUT2D eigenvalue weighted by molar-refractivity contribution is 7.89. The Hall–Kier alpha value is -1.19. The smallest absolute Gasteiger partial charge is 0.304 e. The zero-order valence-corrected chi connectivity index (χ0v) is 12.5. The van der Waals surface area contributed by atoms with Gasteiger partial charge in [-0.1, -0.05) is 0 Å². The van der Waals surface area contributed by atoms with E-state index >= 15 is 0 Å². The topological polar surface area (TPSA) is 104 Å². The fourth-order valence-electron chi connectivity index (χ4n) is 2.51. The predicted octanol–water partition coefficient (Wildman–Crippen LogP) is -0.886. The average molecular weight is 320 g/mol. The highest BCUT2D eigenvalue weighted by Crippen LogP contribution is 2.17. The molecule has 0 aromatic heterocycles. The number of carboxylic acid groups (broad SMARTS) is 1. The lowest BCUT2D eigenvalue weighted by atomic mass is 10.2. The van der Waals surface area contributed by atoms with Gasteiger partial charge in [-0.05, 0) is 12.8 Å². The minimum atomic E-state index is -3.56. The summed E-state index contributed by atoms with van der Waals surface area (Å²) < 4.78 is 30.5. The molecule has 0 radical (unpaired) electrons. The van der Waals surface area contributed by atoms with Gasteiger partial charge in [-0.25, -0.2) is 8.42 Å². The maximum absolute atomic E-state index is 12.1. The molecule has 0 aromatic rings. The monoisotopic (exact) mass is 320 g/mol. The largest absolute Gasteiger partial charge is 0.481 e. The van der Waals surface area contributed by atoms with Crippen LogP contribution in [0, 0.1) is 0 Å². The summed E-state index contributed by atoms with van der Waals surface area (Å²) in [5.74, 6) is -1.61. The van der Waals surface area contributed by atoms with E-state index in [1.54, 1.807) is 4.90 Å². The summed E-state index contributed by atoms with van der Waals surface area (Å²) >= 11 is 0. The van der Waals surface area contributed by atoms with Crippen molar-refractivity contribution in [3.05, 3.63) is 0 Å². The number of carbonyl (C=O) groups is 2. The van der Waals surface area contributed by atoms with Gasteiger partial charge >= 0.3 is 5.97 Å². The summed E-state index contributed by atoms with van der Waals surface area (Å²) in [5.41, 5.74) is 0. The lowest BCUT2D eigenvalue weighted by Gasteiger charge is -2.35. The van der Waals surface area contributed by atoms with Crippen LogP contribution in [-0.4, -0.2) is 79.2 Å². The van der Waals surface area contributed by atoms with E-state index in [1.165, 1.54) is 4.31 Å². The van der Waals surface area contributed by atoms with E-state index in [0.717, 1.165) is 12.8 Å². The Morgan fingerprint density at radius 1 is 1.19 bits per heavy atom. The molecule has 2 aliphatic rings. The van der Waals surface area contributed by atoms with Crippen LogP contribution in [0.3, 0.4) is 0 Å². The predicted molar refractivity (Wildman–Crippen MR) is 73.2 cm³/mol. The van der Waals surface area contributed by atoms with E-state index < -0.39 is 28.2 Å². The van der Waals surface area contributed by atoms with E-state index in [-0.39, 0.29) is 25.1 Å². The van der Waals surface area contributed by atoms with Gasteiger partial charge in [0.25, 0.3) is 5.91 Å². The number of ether oxygens (including phenoxy) is 1. The van der Waals surface area contributed by atoms with Gasteiger partial charge in [0.2, 0.25) is 10.0 Å². The van der Waals surface area contributed by atoms with Gasteiger partial charge in [0.05, 0.1) is 12.2 Å². The van der Waals surface area contributed by atoms with Crippen LogP contribution in [0.2, 0.25) is 0 Å². The highest BCUT2D eigenvalue weighted by Gasteiger charge is 2.33. The van der Waals surface area contributed by atoms with Crippen molar-refractivity contribution in [3.8, 4) is 0 Å². The molecule has 2 aliphatic heterocycles. The highest BCUT2D eigenvalue weighted by atomic mass is 32.2. The van der Waals surface area contributed by atoms with Crippen molar-refractivity contribution in [2.75, 3.05) is 38.5 Å². The molecule has 2 fully saturated rings. The molecule has 1 amide bonds. The minimum absolute atomic E-state index is 0.0740. The molecule has 120 valence electrons. The number of nitrogens with zero attached hydrogens (tertiary/aromatic N) is 2. The Morgan fingerprint density at radius 3 is 2.38 bits per heavy atom. The molecule has 1 N–H and O–H groups in total. The average Bonchev–Trinajstić information content (AvgIpc) is 2.99. The summed E-state index contributed by atoms with van der Waals surface area (Å²) in [4.78, 5) is 24.2. The molecule has 0 aliphatic carbocycles. The van der Waals surface area contributed by atoms with Gasteiger partial charge < -0.3 is 14.7 Å². The first-order valence-corrected chi connectivity index (χ1v) is 8.61. The molecule has 2 heterocycles. The number of rotatable bonds is 5. The molecule has 2 rings (SSSR count). The van der Waals surface area contributed by atoms with Crippen LogP contribution in [0.5, 0.6) is 0 Å². The van der Waals surface area contributed by atoms with E-state index in [4.69, 9.17) is 9.84 Å². The Kier molecular flexibility index (Phi) is 5.17. The number of piperazine rings is 1. The quantitative estimate of drug-likeness (QED) is 0.705. The second-order valence-corrected chi connectivity index (χ2v) is 7.27. The Balaban J connectivity index is 1.84. The zero-order chi connectivity index (χ0) is 15.5. The summed E-state index contributed by atoms with van der Waals surface area (Å²) in [6.45, 7) is 1.66. The second-order valence-electron chi connectivity index (χ2n) is 5.19. The Morgan fingerprint density at radius 2 is 1.86 bits per heavy atom. The first kappa shape index (κ1) is 16.2. The van der Waals surface area contributed by atoms with Gasteiger partial charge in [-0.2, -0.15) is 4.31 Å². The molecule has 0 spiro atoms. The number of carboxylic acids is 1. The first-order valence-electron chi connectivity index (χ1n) is 7.00. The van der Waals surface area contributed by atoms with Crippen LogP contribution < -0.4 is 0 Å². The Bertz CT molecular complexity index is 492. The van der Waals surface area contributed by atoms with Gasteiger partial charge in [-0.3, -0.25) is 9.59 Å². The van der Waals surface area contributed by atoms with Gasteiger partial charge in [-0.15, -0.1) is 0 Å². The second kappa shape index (κ2) is 6.71. The molecular formula is C12H20N2O6S. The van der Waals surface area contributed by atoms with Crippen molar-refractivity contribution in [3.63, 3.8) is 0 Å². The van der Waals surface area contributed by atoms with Crippen molar-refractivity contribution in [2.45, 2.75) is 25.4 Å². The number of sulfonamides is 1. The molecule has 0 bridgehead atoms. The van der Waals surface area contributed by atoms with E-state index in [9.17, 15) is 18.0 Å². The molecule has 21 heavy (non-hydrogen) atoms. The summed E-state index contributed by atoms with van der Waals surface area (Å²) in [6, 6.07) is 0. The molecule has 0 aromatic carbocycles. The summed E-state index contributed by atoms with van der Waals surface area (Å²) in [5, 5.41) is 8.56. The van der Waals surface area contributed by atoms with Crippen LogP contribution in [0.25, 0.3) is 0 Å². The molecule has 2 saturated heterocycles. The number of amides is 1. The van der Waals surface area contributed by atoms with Crippen molar-refractivity contribution < 1.29 is 27.9 Å². The lowest BCUT2D eigenvalue weighted by molar-refractivity contribution is -0.142. The molecule has 0 saturated carbocycles. The zero-order valence-electron chi connectivity index (χ0n) is 11.7. The first-order chi connectivity index (χ1) is 9.90. The number of hydrogen-bond acceptors (Lipinski definition) is 5. The van der Waals surface area contributed by atoms with Gasteiger partial charge in [0.15, 0.2) is 0 Å².